The average Bonchev–Trinajstić information content (AvgIpc) is 1.80. The van der Waals surface area contributed by atoms with Crippen LogP contribution in [-0.2, 0) is 0 Å². The van der Waals surface area contributed by atoms with Gasteiger partial charge in [0.2, 0.25) is 0 Å². The van der Waals surface area contributed by atoms with Crippen LogP contribution in [0.5, 0.6) is 0 Å². The largest absolute Gasteiger partial charge is 0.456 e. The van der Waals surface area contributed by atoms with E-state index in [1.807, 2.05) is 12.1 Å². The summed E-state index contributed by atoms with van der Waals surface area (Å²) in [5.41, 5.74) is 14.2. The Bertz CT molecular complexity index is 5780. The molecule has 378 valence electrons. The van der Waals surface area contributed by atoms with Crippen LogP contribution >= 0.6 is 11.3 Å². The van der Waals surface area contributed by atoms with E-state index < -0.39 is 0 Å². The Kier molecular flexibility index (Phi) is 9.11. The summed E-state index contributed by atoms with van der Waals surface area (Å²) < 4.78 is 18.0. The first-order valence-electron chi connectivity index (χ1n) is 27.5. The van der Waals surface area contributed by atoms with Crippen LogP contribution in [0.4, 0.5) is 0 Å². The zero-order valence-corrected chi connectivity index (χ0v) is 44.4. The van der Waals surface area contributed by atoms with Crippen LogP contribution in [0.2, 0.25) is 0 Å². The molecule has 0 atom stereocenters. The van der Waals surface area contributed by atoms with Crippen LogP contribution < -0.4 is 0 Å². The number of benzene rings is 12. The molecule has 0 spiro atoms. The van der Waals surface area contributed by atoms with Crippen LogP contribution in [0.25, 0.3) is 163 Å². The predicted molar refractivity (Wildman–Crippen MR) is 339 cm³/mol. The minimum Gasteiger partial charge on any atom is -0.456 e. The molecule has 7 nitrogen and oxygen atoms in total. The summed E-state index contributed by atoms with van der Waals surface area (Å²) in [6.07, 6.45) is 0. The van der Waals surface area contributed by atoms with Gasteiger partial charge in [0.1, 0.15) is 34.4 Å². The molecule has 18 rings (SSSR count). The van der Waals surface area contributed by atoms with Crippen LogP contribution in [0.15, 0.2) is 247 Å². The van der Waals surface area contributed by atoms with Gasteiger partial charge in [0.25, 0.3) is 0 Å². The second kappa shape index (κ2) is 16.7. The van der Waals surface area contributed by atoms with E-state index in [1.165, 1.54) is 10.1 Å². The molecule has 82 heavy (non-hydrogen) atoms. The van der Waals surface area contributed by atoms with Crippen LogP contribution in [0.3, 0.4) is 0 Å². The van der Waals surface area contributed by atoms with Gasteiger partial charge in [-0.15, -0.1) is 11.3 Å². The minimum atomic E-state index is 0.405. The van der Waals surface area contributed by atoms with Crippen LogP contribution in [-0.4, -0.2) is 18.3 Å². The fraction of sp³-hybridized carbons (Fsp3) is 0. The van der Waals surface area contributed by atoms with E-state index in [1.54, 1.807) is 11.3 Å². The summed E-state index contributed by atoms with van der Waals surface area (Å²) in [4.78, 5) is 0. The molecule has 0 bridgehead atoms. The van der Waals surface area contributed by atoms with Crippen molar-refractivity contribution < 1.29 is 4.42 Å². The number of thiophene rings is 1. The topological polar surface area (TPSA) is 80.4 Å². The number of nitriles is 2. The zero-order chi connectivity index (χ0) is 53.9. The Morgan fingerprint density at radius 1 is 0.280 bits per heavy atom. The molecular weight excluding hydrogens is 1020 g/mol. The summed E-state index contributed by atoms with van der Waals surface area (Å²) >= 11 is 1.79. The third kappa shape index (κ3) is 5.79. The number of para-hydroxylation sites is 7. The molecule has 12 aromatic carbocycles. The highest BCUT2D eigenvalue weighted by Gasteiger charge is 2.35. The monoisotopic (exact) mass is 1060 g/mol. The SMILES string of the molecule is N#Cc1c(-n2c3ccccc3c3ccccc32)c(-n2c3ccccc3c3ccccc32)c(C#N)c(-n2c3cccc(-c4cccc5oc6ccccc6c45)c3c3c4sc5ccccc5c4ccc32)c1-n1c2ccccc2c2ccccc21. The molecule has 0 aliphatic rings. The maximum atomic E-state index is 13.0. The van der Waals surface area contributed by atoms with Crippen molar-refractivity contribution >= 4 is 141 Å². The molecule has 0 saturated heterocycles. The second-order valence-electron chi connectivity index (χ2n) is 21.2. The Hall–Kier alpha value is -11.2. The summed E-state index contributed by atoms with van der Waals surface area (Å²) in [6.45, 7) is 0. The Morgan fingerprint density at radius 3 is 1.11 bits per heavy atom. The summed E-state index contributed by atoms with van der Waals surface area (Å²) in [5, 5.41) is 38.5. The Labute approximate surface area is 471 Å². The van der Waals surface area contributed by atoms with E-state index in [9.17, 15) is 10.5 Å². The highest BCUT2D eigenvalue weighted by Crippen LogP contribution is 2.52. The summed E-state index contributed by atoms with van der Waals surface area (Å²) in [7, 11) is 0. The van der Waals surface area contributed by atoms with Crippen LogP contribution in [0.1, 0.15) is 11.1 Å². The molecule has 0 aliphatic heterocycles. The van der Waals surface area contributed by atoms with Gasteiger partial charge in [-0.1, -0.05) is 176 Å². The number of nitrogens with zero attached hydrogens (tertiary/aromatic N) is 6. The number of fused-ring (bicyclic) bond motifs is 19. The number of rotatable bonds is 5. The minimum absolute atomic E-state index is 0.405. The number of hydrogen-bond donors (Lipinski definition) is 0. The van der Waals surface area contributed by atoms with E-state index in [-0.39, 0.29) is 0 Å². The Balaban J connectivity index is 1.14. The molecule has 8 heteroatoms. The zero-order valence-electron chi connectivity index (χ0n) is 43.6. The van der Waals surface area contributed by atoms with Gasteiger partial charge in [-0.25, -0.2) is 0 Å². The standard InChI is InChI=1S/C74H40N6OS/c75-41-54-70(77-56-29-9-1-19-43(56)44-20-2-10-30-57(44)77)71(78-58-31-11-3-21-45(58)46-22-4-12-32-59(46)78)55(42-76)73(72(54)79-60-33-13-5-23-47(60)48-24-6-14-34-61(48)79)80-62-35-17-27-51(50-28-18-37-65-67(50)53-26-7-15-36-64(53)81-65)68(62)69-63(80)40-39-52-49-25-8-16-38-66(49)82-74(52)69/h1-40H. The molecule has 0 fully saturated rings. The molecule has 0 aliphatic carbocycles. The molecule has 0 radical (unpaired) electrons. The van der Waals surface area contributed by atoms with E-state index in [4.69, 9.17) is 4.42 Å². The first-order chi connectivity index (χ1) is 40.7. The summed E-state index contributed by atoms with van der Waals surface area (Å²) in [5.74, 6) is 0. The van der Waals surface area contributed by atoms with Crippen molar-refractivity contribution in [2.75, 3.05) is 0 Å². The number of furan rings is 1. The molecule has 18 aromatic rings. The normalized spacial score (nSPS) is 12.1. The molecule has 6 heterocycles. The summed E-state index contributed by atoms with van der Waals surface area (Å²) in [6, 6.07) is 91.1. The first kappa shape index (κ1) is 44.8. The van der Waals surface area contributed by atoms with Gasteiger partial charge in [-0.05, 0) is 77.9 Å². The maximum absolute atomic E-state index is 13.0. The Morgan fingerprint density at radius 2 is 0.634 bits per heavy atom. The van der Waals surface area contributed by atoms with Gasteiger partial charge < -0.3 is 22.7 Å². The molecule has 0 amide bonds. The van der Waals surface area contributed by atoms with Crippen molar-refractivity contribution in [3.05, 3.63) is 254 Å². The lowest BCUT2D eigenvalue weighted by atomic mass is 9.95. The predicted octanol–water partition coefficient (Wildman–Crippen LogP) is 19.8. The highest BCUT2D eigenvalue weighted by atomic mass is 32.1. The quantitative estimate of drug-likeness (QED) is 0.172. The molecule has 0 unspecified atom stereocenters. The van der Waals surface area contributed by atoms with Crippen molar-refractivity contribution in [2.45, 2.75) is 0 Å². The van der Waals surface area contributed by atoms with Gasteiger partial charge >= 0.3 is 0 Å². The van der Waals surface area contributed by atoms with Crippen molar-refractivity contribution in [1.29, 1.82) is 10.5 Å². The fourth-order valence-electron chi connectivity index (χ4n) is 14.1. The lowest BCUT2D eigenvalue weighted by molar-refractivity contribution is 0.669. The van der Waals surface area contributed by atoms with Gasteiger partial charge in [0.15, 0.2) is 0 Å². The molecule has 6 aromatic heterocycles. The number of aromatic nitrogens is 4. The third-order valence-corrected chi connectivity index (χ3v) is 18.5. The smallest absolute Gasteiger partial charge is 0.136 e. The van der Waals surface area contributed by atoms with Crippen LogP contribution in [0, 0.1) is 22.7 Å². The molecule has 0 saturated carbocycles. The van der Waals surface area contributed by atoms with E-state index in [2.05, 4.69) is 261 Å². The van der Waals surface area contributed by atoms with Crippen molar-refractivity contribution in [3.8, 4) is 46.0 Å². The van der Waals surface area contributed by atoms with Crippen molar-refractivity contribution in [3.63, 3.8) is 0 Å². The van der Waals surface area contributed by atoms with E-state index in [0.29, 0.717) is 33.9 Å². The highest BCUT2D eigenvalue weighted by molar-refractivity contribution is 7.26. The average molecular weight is 1060 g/mol. The maximum Gasteiger partial charge on any atom is 0.136 e. The van der Waals surface area contributed by atoms with Gasteiger partial charge in [0.05, 0.1) is 66.9 Å². The lowest BCUT2D eigenvalue weighted by Gasteiger charge is -2.27. The lowest BCUT2D eigenvalue weighted by Crippen LogP contribution is -2.16. The second-order valence-corrected chi connectivity index (χ2v) is 22.3. The van der Waals surface area contributed by atoms with Crippen molar-refractivity contribution in [2.24, 2.45) is 0 Å². The van der Waals surface area contributed by atoms with Gasteiger partial charge in [0, 0.05) is 74.0 Å². The number of hydrogen-bond acceptors (Lipinski definition) is 4. The first-order valence-corrected chi connectivity index (χ1v) is 28.3. The van der Waals surface area contributed by atoms with Gasteiger partial charge in [-0.2, -0.15) is 10.5 Å². The van der Waals surface area contributed by atoms with Gasteiger partial charge in [-0.3, -0.25) is 0 Å². The van der Waals surface area contributed by atoms with E-state index in [0.717, 1.165) is 130 Å². The molecular formula is C74H40N6OS. The molecule has 0 N–H and O–H groups in total. The van der Waals surface area contributed by atoms with Crippen molar-refractivity contribution in [1.82, 2.24) is 18.3 Å². The fourth-order valence-corrected chi connectivity index (χ4v) is 15.3. The van der Waals surface area contributed by atoms with E-state index >= 15 is 0 Å². The third-order valence-electron chi connectivity index (χ3n) is 17.2.